The van der Waals surface area contributed by atoms with E-state index in [2.05, 4.69) is 10.2 Å². The Labute approximate surface area is 146 Å². The molecule has 0 unspecified atom stereocenters. The lowest BCUT2D eigenvalue weighted by Crippen LogP contribution is -2.24. The lowest BCUT2D eigenvalue weighted by atomic mass is 10.1. The van der Waals surface area contributed by atoms with Gasteiger partial charge in [-0.1, -0.05) is 13.8 Å². The number of halogens is 3. The van der Waals surface area contributed by atoms with Gasteiger partial charge in [0.25, 0.3) is 5.56 Å². The number of aromatic nitrogens is 2. The molecule has 5 nitrogen and oxygen atoms in total. The monoisotopic (exact) mass is 361 g/mol. The van der Waals surface area contributed by atoms with E-state index in [-0.39, 0.29) is 17.0 Å². The van der Waals surface area contributed by atoms with Crippen molar-refractivity contribution in [3.63, 3.8) is 0 Å². The Morgan fingerprint density at radius 3 is 2.27 bits per heavy atom. The maximum atomic E-state index is 12.9. The largest absolute Gasteiger partial charge is 0.416 e. The molecule has 3 rings (SSSR count). The predicted octanol–water partition coefficient (Wildman–Crippen LogP) is 4.93. The van der Waals surface area contributed by atoms with Gasteiger partial charge in [-0.25, -0.2) is 4.98 Å². The Kier molecular flexibility index (Phi) is 4.35. The van der Waals surface area contributed by atoms with Gasteiger partial charge in [0.2, 0.25) is 0 Å². The molecular formula is C18H14F3N3O2. The molecule has 0 bridgehead atoms. The van der Waals surface area contributed by atoms with Crippen molar-refractivity contribution in [3.8, 4) is 5.69 Å². The summed E-state index contributed by atoms with van der Waals surface area (Å²) < 4.78 is 39.6. The van der Waals surface area contributed by atoms with Crippen LogP contribution in [0.3, 0.4) is 0 Å². The number of hydrogen-bond donors (Lipinski definition) is 0. The summed E-state index contributed by atoms with van der Waals surface area (Å²) in [6.45, 7) is 3.63. The van der Waals surface area contributed by atoms with Crippen LogP contribution in [0.4, 0.5) is 18.9 Å². The smallest absolute Gasteiger partial charge is 0.268 e. The van der Waals surface area contributed by atoms with Gasteiger partial charge in [0.15, 0.2) is 0 Å². The number of hydrogen-bond acceptors (Lipinski definition) is 4. The minimum absolute atomic E-state index is 0.145. The van der Waals surface area contributed by atoms with E-state index in [4.69, 9.17) is 0 Å². The molecule has 26 heavy (non-hydrogen) atoms. The zero-order valence-corrected chi connectivity index (χ0v) is 13.9. The van der Waals surface area contributed by atoms with E-state index in [0.29, 0.717) is 17.0 Å². The molecule has 0 saturated heterocycles. The Morgan fingerprint density at radius 2 is 1.73 bits per heavy atom. The van der Waals surface area contributed by atoms with Gasteiger partial charge < -0.3 is 0 Å². The molecule has 0 aliphatic heterocycles. The summed E-state index contributed by atoms with van der Waals surface area (Å²) in [5.74, 6) is 0.201. The lowest BCUT2D eigenvalue weighted by Gasteiger charge is -2.16. The molecule has 1 heterocycles. The summed E-state index contributed by atoms with van der Waals surface area (Å²) in [6.07, 6.45) is -4.45. The number of rotatable bonds is 3. The van der Waals surface area contributed by atoms with Crippen LogP contribution in [0.15, 0.2) is 52.4 Å². The van der Waals surface area contributed by atoms with Crippen LogP contribution in [0.5, 0.6) is 0 Å². The van der Waals surface area contributed by atoms with E-state index in [1.54, 1.807) is 0 Å². The van der Waals surface area contributed by atoms with Crippen molar-refractivity contribution >= 4 is 16.6 Å². The summed E-state index contributed by atoms with van der Waals surface area (Å²) in [6, 6.07) is 8.57. The highest BCUT2D eigenvalue weighted by atomic mass is 19.4. The van der Waals surface area contributed by atoms with Crippen molar-refractivity contribution < 1.29 is 13.2 Å². The van der Waals surface area contributed by atoms with Gasteiger partial charge in [-0.3, -0.25) is 9.36 Å². The van der Waals surface area contributed by atoms with Gasteiger partial charge in [-0.05, 0) is 47.6 Å². The van der Waals surface area contributed by atoms with E-state index in [9.17, 15) is 22.9 Å². The van der Waals surface area contributed by atoms with E-state index in [0.717, 1.165) is 12.1 Å². The van der Waals surface area contributed by atoms with Crippen molar-refractivity contribution in [1.29, 1.82) is 0 Å². The summed E-state index contributed by atoms with van der Waals surface area (Å²) in [5, 5.41) is 3.08. The predicted molar refractivity (Wildman–Crippen MR) is 91.9 cm³/mol. The Balaban J connectivity index is 2.27. The van der Waals surface area contributed by atoms with Crippen LogP contribution >= 0.6 is 0 Å². The van der Waals surface area contributed by atoms with Crippen LogP contribution < -0.4 is 5.56 Å². The quantitative estimate of drug-likeness (QED) is 0.622. The summed E-state index contributed by atoms with van der Waals surface area (Å²) in [4.78, 5) is 28.1. The molecule has 0 radical (unpaired) electrons. The highest BCUT2D eigenvalue weighted by Crippen LogP contribution is 2.30. The molecule has 0 amide bonds. The van der Waals surface area contributed by atoms with E-state index in [1.807, 2.05) is 13.8 Å². The van der Waals surface area contributed by atoms with Gasteiger partial charge in [0.1, 0.15) is 11.5 Å². The molecule has 0 saturated carbocycles. The zero-order valence-electron chi connectivity index (χ0n) is 13.9. The van der Waals surface area contributed by atoms with Crippen LogP contribution in [0.2, 0.25) is 0 Å². The van der Waals surface area contributed by atoms with E-state index >= 15 is 0 Å². The van der Waals surface area contributed by atoms with Crippen LogP contribution in [-0.4, -0.2) is 9.55 Å². The molecule has 8 heteroatoms. The Bertz CT molecular complexity index is 1040. The van der Waals surface area contributed by atoms with Gasteiger partial charge in [-0.15, -0.1) is 4.91 Å². The Morgan fingerprint density at radius 1 is 1.08 bits per heavy atom. The number of nitrogens with zero attached hydrogens (tertiary/aromatic N) is 3. The second-order valence-corrected chi connectivity index (χ2v) is 6.10. The molecule has 0 atom stereocenters. The van der Waals surface area contributed by atoms with E-state index in [1.165, 1.54) is 34.9 Å². The first-order chi connectivity index (χ1) is 12.2. The van der Waals surface area contributed by atoms with Crippen molar-refractivity contribution in [2.75, 3.05) is 0 Å². The summed E-state index contributed by atoms with van der Waals surface area (Å²) in [7, 11) is 0. The van der Waals surface area contributed by atoms with Gasteiger partial charge in [0.05, 0.1) is 22.2 Å². The van der Waals surface area contributed by atoms with Crippen molar-refractivity contribution in [3.05, 3.63) is 69.1 Å². The third-order valence-corrected chi connectivity index (χ3v) is 3.95. The van der Waals surface area contributed by atoms with Crippen LogP contribution in [-0.2, 0) is 6.18 Å². The topological polar surface area (TPSA) is 64.3 Å². The number of alkyl halides is 3. The van der Waals surface area contributed by atoms with Crippen LogP contribution in [0.25, 0.3) is 16.6 Å². The fourth-order valence-corrected chi connectivity index (χ4v) is 2.68. The molecule has 134 valence electrons. The first-order valence-corrected chi connectivity index (χ1v) is 7.80. The number of fused-ring (bicyclic) bond motifs is 1. The molecule has 2 aromatic carbocycles. The standard InChI is InChI=1S/C18H14F3N3O2/c1-10(2)16-22-15-9-12(23-26)5-8-14(15)17(25)24(16)13-6-3-11(4-7-13)18(19,20)21/h3-10H,1-2H3. The molecule has 0 aliphatic rings. The van der Waals surface area contributed by atoms with Crippen molar-refractivity contribution in [2.45, 2.75) is 25.9 Å². The maximum absolute atomic E-state index is 12.9. The molecule has 0 aliphatic carbocycles. The Hall–Kier alpha value is -3.03. The highest BCUT2D eigenvalue weighted by molar-refractivity contribution is 5.81. The van der Waals surface area contributed by atoms with E-state index < -0.39 is 17.3 Å². The second-order valence-electron chi connectivity index (χ2n) is 6.10. The maximum Gasteiger partial charge on any atom is 0.416 e. The SMILES string of the molecule is CC(C)c1nc2cc(N=O)ccc2c(=O)n1-c1ccc(C(F)(F)F)cc1. The van der Waals surface area contributed by atoms with Gasteiger partial charge in [0, 0.05) is 5.92 Å². The first kappa shape index (κ1) is 17.8. The molecular weight excluding hydrogens is 347 g/mol. The zero-order chi connectivity index (χ0) is 19.1. The van der Waals surface area contributed by atoms with Crippen LogP contribution in [0.1, 0.15) is 31.2 Å². The minimum Gasteiger partial charge on any atom is -0.268 e. The lowest BCUT2D eigenvalue weighted by molar-refractivity contribution is -0.137. The molecule has 1 aromatic heterocycles. The van der Waals surface area contributed by atoms with Crippen molar-refractivity contribution in [1.82, 2.24) is 9.55 Å². The molecule has 3 aromatic rings. The van der Waals surface area contributed by atoms with Gasteiger partial charge >= 0.3 is 6.18 Å². The number of nitroso groups, excluding NO2 is 1. The average molecular weight is 361 g/mol. The first-order valence-electron chi connectivity index (χ1n) is 7.80. The molecule has 0 fully saturated rings. The molecule has 0 spiro atoms. The molecule has 0 N–H and O–H groups in total. The summed E-state index contributed by atoms with van der Waals surface area (Å²) in [5.41, 5.74) is -0.462. The van der Waals surface area contributed by atoms with Crippen LogP contribution in [0, 0.1) is 4.91 Å². The second kappa shape index (κ2) is 6.36. The minimum atomic E-state index is -4.45. The number of benzene rings is 2. The van der Waals surface area contributed by atoms with Crippen molar-refractivity contribution in [2.24, 2.45) is 5.18 Å². The average Bonchev–Trinajstić information content (AvgIpc) is 2.60. The summed E-state index contributed by atoms with van der Waals surface area (Å²) >= 11 is 0. The highest BCUT2D eigenvalue weighted by Gasteiger charge is 2.30. The fourth-order valence-electron chi connectivity index (χ4n) is 2.68. The third-order valence-electron chi connectivity index (χ3n) is 3.95. The van der Waals surface area contributed by atoms with Gasteiger partial charge in [-0.2, -0.15) is 13.2 Å². The normalized spacial score (nSPS) is 11.9. The third kappa shape index (κ3) is 3.10. The fraction of sp³-hybridized carbons (Fsp3) is 0.222.